The Bertz CT molecular complexity index is 660. The third-order valence-corrected chi connectivity index (χ3v) is 3.85. The number of hydrogen-bond acceptors (Lipinski definition) is 6. The Hall–Kier alpha value is -2.64. The molecule has 0 aliphatic carbocycles. The van der Waals surface area contributed by atoms with Gasteiger partial charge in [-0.3, -0.25) is 4.79 Å². The van der Waals surface area contributed by atoms with Crippen molar-refractivity contribution in [3.63, 3.8) is 0 Å². The van der Waals surface area contributed by atoms with E-state index >= 15 is 0 Å². The van der Waals surface area contributed by atoms with Crippen LogP contribution in [-0.2, 0) is 11.2 Å². The van der Waals surface area contributed by atoms with Gasteiger partial charge in [0, 0.05) is 25.9 Å². The van der Waals surface area contributed by atoms with E-state index in [2.05, 4.69) is 20.6 Å². The first-order chi connectivity index (χ1) is 11.5. The number of nitrogens with zero attached hydrogens (tertiary/aromatic N) is 4. The highest BCUT2D eigenvalue weighted by atomic mass is 16.5. The second-order valence-corrected chi connectivity index (χ2v) is 5.63. The molecule has 1 amide bonds. The topological polar surface area (TPSA) is 93.2 Å². The molecule has 8 nitrogen and oxygen atoms in total. The molecule has 24 heavy (non-hydrogen) atoms. The van der Waals surface area contributed by atoms with Crippen LogP contribution in [0.1, 0.15) is 30.7 Å². The fraction of sp³-hybridized carbons (Fsp3) is 0.500. The van der Waals surface area contributed by atoms with Crippen LogP contribution in [0.25, 0.3) is 0 Å². The van der Waals surface area contributed by atoms with Crippen LogP contribution in [0.4, 0.5) is 0 Å². The summed E-state index contributed by atoms with van der Waals surface area (Å²) in [4.78, 5) is 14.0. The fourth-order valence-electron chi connectivity index (χ4n) is 2.45. The SMILES string of the molecule is COc1ccc(CCC(=O)N(C)C[C@@H](C)c2nn[nH]n2)cc1OC. The van der Waals surface area contributed by atoms with Crippen molar-refractivity contribution in [2.75, 3.05) is 27.8 Å². The number of H-pyrrole nitrogens is 1. The Morgan fingerprint density at radius 2 is 2.04 bits per heavy atom. The Labute approximate surface area is 141 Å². The number of carbonyl (C=O) groups excluding carboxylic acids is 1. The summed E-state index contributed by atoms with van der Waals surface area (Å²) in [6.45, 7) is 2.51. The minimum absolute atomic E-state index is 0.0266. The number of aromatic nitrogens is 4. The largest absolute Gasteiger partial charge is 0.493 e. The van der Waals surface area contributed by atoms with Crippen molar-refractivity contribution >= 4 is 5.91 Å². The number of aromatic amines is 1. The lowest BCUT2D eigenvalue weighted by Gasteiger charge is -2.20. The van der Waals surface area contributed by atoms with Gasteiger partial charge in [-0.1, -0.05) is 18.2 Å². The van der Waals surface area contributed by atoms with Crippen molar-refractivity contribution in [1.29, 1.82) is 0 Å². The highest BCUT2D eigenvalue weighted by molar-refractivity contribution is 5.76. The molecule has 0 saturated carbocycles. The number of rotatable bonds is 8. The molecule has 1 N–H and O–H groups in total. The van der Waals surface area contributed by atoms with Crippen LogP contribution in [0, 0.1) is 0 Å². The Balaban J connectivity index is 1.88. The summed E-state index contributed by atoms with van der Waals surface area (Å²) in [5.74, 6) is 2.05. The zero-order valence-corrected chi connectivity index (χ0v) is 14.4. The molecule has 8 heteroatoms. The molecule has 0 bridgehead atoms. The number of carbonyl (C=O) groups is 1. The van der Waals surface area contributed by atoms with Crippen molar-refractivity contribution in [3.8, 4) is 11.5 Å². The van der Waals surface area contributed by atoms with Crippen molar-refractivity contribution in [2.45, 2.75) is 25.7 Å². The van der Waals surface area contributed by atoms with Crippen LogP contribution >= 0.6 is 0 Å². The first-order valence-corrected chi connectivity index (χ1v) is 7.73. The van der Waals surface area contributed by atoms with E-state index in [1.807, 2.05) is 25.1 Å². The average molecular weight is 333 g/mol. The van der Waals surface area contributed by atoms with Crippen molar-refractivity contribution in [1.82, 2.24) is 25.5 Å². The maximum absolute atomic E-state index is 12.3. The summed E-state index contributed by atoms with van der Waals surface area (Å²) in [6.07, 6.45) is 1.06. The Morgan fingerprint density at radius 1 is 1.29 bits per heavy atom. The molecule has 0 unspecified atom stereocenters. The Kier molecular flexibility index (Phi) is 6.11. The fourth-order valence-corrected chi connectivity index (χ4v) is 2.45. The number of benzene rings is 1. The lowest BCUT2D eigenvalue weighted by Crippen LogP contribution is -2.30. The smallest absolute Gasteiger partial charge is 0.222 e. The van der Waals surface area contributed by atoms with Crippen LogP contribution in [0.3, 0.4) is 0 Å². The molecule has 1 aromatic heterocycles. The zero-order chi connectivity index (χ0) is 17.5. The maximum atomic E-state index is 12.3. The lowest BCUT2D eigenvalue weighted by atomic mass is 10.1. The van der Waals surface area contributed by atoms with Crippen LogP contribution in [0.5, 0.6) is 11.5 Å². The van der Waals surface area contributed by atoms with Gasteiger partial charge in [0.2, 0.25) is 5.91 Å². The highest BCUT2D eigenvalue weighted by Gasteiger charge is 2.17. The molecule has 130 valence electrons. The van der Waals surface area contributed by atoms with Crippen LogP contribution < -0.4 is 9.47 Å². The standard InChI is InChI=1S/C16H23N5O3/c1-11(16-17-19-20-18-16)10-21(2)15(22)8-6-12-5-7-13(23-3)14(9-12)24-4/h5,7,9,11H,6,8,10H2,1-4H3,(H,17,18,19,20)/t11-/m1/s1. The second kappa shape index (κ2) is 8.28. The molecule has 1 heterocycles. The second-order valence-electron chi connectivity index (χ2n) is 5.63. The van der Waals surface area contributed by atoms with Crippen molar-refractivity contribution in [3.05, 3.63) is 29.6 Å². The summed E-state index contributed by atoms with van der Waals surface area (Å²) in [7, 11) is 4.98. The van der Waals surface area contributed by atoms with Gasteiger partial charge in [-0.15, -0.1) is 10.2 Å². The number of nitrogens with one attached hydrogen (secondary N) is 1. The summed E-state index contributed by atoms with van der Waals surface area (Å²) >= 11 is 0. The van der Waals surface area contributed by atoms with Crippen LogP contribution in [0.15, 0.2) is 18.2 Å². The number of hydrogen-bond donors (Lipinski definition) is 1. The van der Waals surface area contributed by atoms with E-state index in [1.165, 1.54) is 0 Å². The van der Waals surface area contributed by atoms with Gasteiger partial charge >= 0.3 is 0 Å². The lowest BCUT2D eigenvalue weighted by molar-refractivity contribution is -0.130. The highest BCUT2D eigenvalue weighted by Crippen LogP contribution is 2.28. The van der Waals surface area contributed by atoms with E-state index in [9.17, 15) is 4.79 Å². The maximum Gasteiger partial charge on any atom is 0.222 e. The summed E-state index contributed by atoms with van der Waals surface area (Å²) in [5, 5.41) is 13.9. The van der Waals surface area contributed by atoms with Gasteiger partial charge in [0.1, 0.15) is 0 Å². The van der Waals surface area contributed by atoms with E-state index in [-0.39, 0.29) is 11.8 Å². The first kappa shape index (κ1) is 17.7. The van der Waals surface area contributed by atoms with Gasteiger partial charge in [-0.25, -0.2) is 0 Å². The normalized spacial score (nSPS) is 11.8. The van der Waals surface area contributed by atoms with Gasteiger partial charge in [0.25, 0.3) is 0 Å². The summed E-state index contributed by atoms with van der Waals surface area (Å²) in [5.41, 5.74) is 1.03. The average Bonchev–Trinajstić information content (AvgIpc) is 3.13. The molecule has 0 aliphatic heterocycles. The molecule has 1 atom stereocenters. The summed E-state index contributed by atoms with van der Waals surface area (Å²) < 4.78 is 10.5. The number of likely N-dealkylation sites (N-methyl/N-ethyl adjacent to an activating group) is 1. The molecule has 2 aromatic rings. The third-order valence-electron chi connectivity index (χ3n) is 3.85. The van der Waals surface area contributed by atoms with E-state index in [0.29, 0.717) is 36.7 Å². The molecule has 0 radical (unpaired) electrons. The molecule has 0 saturated heterocycles. The van der Waals surface area contributed by atoms with Crippen molar-refractivity contribution in [2.24, 2.45) is 0 Å². The van der Waals surface area contributed by atoms with Crippen molar-refractivity contribution < 1.29 is 14.3 Å². The number of methoxy groups -OCH3 is 2. The van der Waals surface area contributed by atoms with Crippen LogP contribution in [-0.4, -0.2) is 59.2 Å². The van der Waals surface area contributed by atoms with E-state index in [4.69, 9.17) is 9.47 Å². The molecule has 0 fully saturated rings. The molecular formula is C16H23N5O3. The summed E-state index contributed by atoms with van der Waals surface area (Å²) in [6, 6.07) is 5.69. The van der Waals surface area contributed by atoms with Gasteiger partial charge in [0.15, 0.2) is 17.3 Å². The van der Waals surface area contributed by atoms with Gasteiger partial charge in [0.05, 0.1) is 14.2 Å². The molecule has 2 rings (SSSR count). The van der Waals surface area contributed by atoms with Gasteiger partial charge in [-0.05, 0) is 24.1 Å². The molecule has 0 aliphatic rings. The minimum atomic E-state index is 0.0266. The van der Waals surface area contributed by atoms with E-state index in [1.54, 1.807) is 26.2 Å². The number of amides is 1. The first-order valence-electron chi connectivity index (χ1n) is 7.73. The Morgan fingerprint density at radius 3 is 2.67 bits per heavy atom. The molecule has 0 spiro atoms. The monoisotopic (exact) mass is 333 g/mol. The van der Waals surface area contributed by atoms with Gasteiger partial charge in [-0.2, -0.15) is 5.21 Å². The number of aryl methyl sites for hydroxylation is 1. The molecular weight excluding hydrogens is 310 g/mol. The number of tetrazole rings is 1. The minimum Gasteiger partial charge on any atom is -0.493 e. The predicted molar refractivity (Wildman–Crippen MR) is 88.1 cm³/mol. The van der Waals surface area contributed by atoms with E-state index < -0.39 is 0 Å². The third kappa shape index (κ3) is 4.43. The number of ether oxygens (including phenoxy) is 2. The predicted octanol–water partition coefficient (Wildman–Crippen LogP) is 1.41. The van der Waals surface area contributed by atoms with Gasteiger partial charge < -0.3 is 14.4 Å². The molecule has 1 aromatic carbocycles. The van der Waals surface area contributed by atoms with Crippen LogP contribution in [0.2, 0.25) is 0 Å². The van der Waals surface area contributed by atoms with E-state index in [0.717, 1.165) is 5.56 Å². The zero-order valence-electron chi connectivity index (χ0n) is 14.4. The quantitative estimate of drug-likeness (QED) is 0.785.